The smallest absolute Gasteiger partial charge is 0.253 e. The summed E-state index contributed by atoms with van der Waals surface area (Å²) < 4.78 is 5.60. The lowest BCUT2D eigenvalue weighted by Crippen LogP contribution is -2.44. The largest absolute Gasteiger partial charge is 0.496 e. The molecule has 2 aromatic rings. The molecule has 0 saturated carbocycles. The Bertz CT molecular complexity index is 952. The van der Waals surface area contributed by atoms with E-state index >= 15 is 0 Å². The number of halogens is 1. The summed E-state index contributed by atoms with van der Waals surface area (Å²) in [5.74, 6) is 0.859. The number of carbonyl (C=O) groups is 2. The first kappa shape index (κ1) is 23.6. The summed E-state index contributed by atoms with van der Waals surface area (Å²) in [6, 6.07) is 15.1. The van der Waals surface area contributed by atoms with Crippen molar-refractivity contribution in [3.05, 3.63) is 64.7 Å². The molecular weight excluding hydrogens is 438 g/mol. The van der Waals surface area contributed by atoms with Crippen LogP contribution in [0.3, 0.4) is 0 Å². The van der Waals surface area contributed by atoms with Gasteiger partial charge < -0.3 is 15.0 Å². The predicted molar refractivity (Wildman–Crippen MR) is 130 cm³/mol. The van der Waals surface area contributed by atoms with Crippen LogP contribution in [0.1, 0.15) is 47.6 Å². The van der Waals surface area contributed by atoms with Crippen molar-refractivity contribution in [1.29, 1.82) is 0 Å². The Morgan fingerprint density at radius 3 is 2.36 bits per heavy atom. The topological polar surface area (TPSA) is 61.9 Å². The van der Waals surface area contributed by atoms with Crippen molar-refractivity contribution in [2.24, 2.45) is 5.92 Å². The molecule has 0 spiro atoms. The van der Waals surface area contributed by atoms with E-state index in [9.17, 15) is 9.59 Å². The molecule has 2 aliphatic rings. The number of piperidine rings is 1. The van der Waals surface area contributed by atoms with Gasteiger partial charge in [-0.1, -0.05) is 29.8 Å². The van der Waals surface area contributed by atoms with Gasteiger partial charge in [-0.15, -0.1) is 0 Å². The van der Waals surface area contributed by atoms with Crippen LogP contribution < -0.4 is 10.1 Å². The molecule has 0 bridgehead atoms. The van der Waals surface area contributed by atoms with E-state index in [4.69, 9.17) is 16.3 Å². The normalized spacial score (nSPS) is 18.2. The molecule has 0 aromatic heterocycles. The first-order valence-electron chi connectivity index (χ1n) is 11.8. The number of hydrogen-bond donors (Lipinski definition) is 1. The SMILES string of the molecule is COc1ccccc1[C@H](CNC(=O)C1CCN(C(=O)c2ccc(Cl)cc2)CC1)N1CCCC1. The zero-order chi connectivity index (χ0) is 23.2. The van der Waals surface area contributed by atoms with Gasteiger partial charge in [0.2, 0.25) is 5.91 Å². The van der Waals surface area contributed by atoms with Crippen LogP contribution in [-0.4, -0.2) is 61.4 Å². The van der Waals surface area contributed by atoms with Gasteiger partial charge >= 0.3 is 0 Å². The number of methoxy groups -OCH3 is 1. The summed E-state index contributed by atoms with van der Waals surface area (Å²) in [5.41, 5.74) is 1.75. The lowest BCUT2D eigenvalue weighted by Gasteiger charge is -2.33. The number of ether oxygens (including phenoxy) is 1. The fraction of sp³-hybridized carbons (Fsp3) is 0.462. The lowest BCUT2D eigenvalue weighted by molar-refractivity contribution is -0.126. The third-order valence-corrected chi connectivity index (χ3v) is 7.05. The van der Waals surface area contributed by atoms with Crippen LogP contribution >= 0.6 is 11.6 Å². The molecule has 6 nitrogen and oxygen atoms in total. The van der Waals surface area contributed by atoms with E-state index in [-0.39, 0.29) is 23.8 Å². The van der Waals surface area contributed by atoms with Crippen LogP contribution in [0.2, 0.25) is 5.02 Å². The minimum absolute atomic E-state index is 0.00389. The fourth-order valence-corrected chi connectivity index (χ4v) is 5.02. The highest BCUT2D eigenvalue weighted by atomic mass is 35.5. The number of hydrogen-bond acceptors (Lipinski definition) is 4. The van der Waals surface area contributed by atoms with Crippen molar-refractivity contribution in [2.45, 2.75) is 31.7 Å². The van der Waals surface area contributed by atoms with Crippen LogP contribution in [0.25, 0.3) is 0 Å². The van der Waals surface area contributed by atoms with Gasteiger partial charge in [0.25, 0.3) is 5.91 Å². The van der Waals surface area contributed by atoms with Crippen molar-refractivity contribution < 1.29 is 14.3 Å². The molecule has 0 unspecified atom stereocenters. The Kier molecular flexibility index (Phi) is 7.89. The summed E-state index contributed by atoms with van der Waals surface area (Å²) in [7, 11) is 1.69. The Labute approximate surface area is 200 Å². The quantitative estimate of drug-likeness (QED) is 0.661. The highest BCUT2D eigenvalue weighted by molar-refractivity contribution is 6.30. The van der Waals surface area contributed by atoms with E-state index in [0.717, 1.165) is 24.4 Å². The number of benzene rings is 2. The van der Waals surface area contributed by atoms with Gasteiger partial charge in [0.15, 0.2) is 0 Å². The minimum Gasteiger partial charge on any atom is -0.496 e. The Morgan fingerprint density at radius 1 is 1.03 bits per heavy atom. The predicted octanol–water partition coefficient (Wildman–Crippen LogP) is 4.15. The van der Waals surface area contributed by atoms with Gasteiger partial charge in [-0.05, 0) is 69.1 Å². The third kappa shape index (κ3) is 5.68. The lowest BCUT2D eigenvalue weighted by atomic mass is 9.95. The zero-order valence-corrected chi connectivity index (χ0v) is 19.9. The van der Waals surface area contributed by atoms with Crippen molar-refractivity contribution in [3.8, 4) is 5.75 Å². The molecule has 0 aliphatic carbocycles. The first-order chi connectivity index (χ1) is 16.1. The second-order valence-electron chi connectivity index (χ2n) is 8.82. The van der Waals surface area contributed by atoms with Crippen LogP contribution in [0.5, 0.6) is 5.75 Å². The van der Waals surface area contributed by atoms with E-state index in [2.05, 4.69) is 16.3 Å². The second-order valence-corrected chi connectivity index (χ2v) is 9.26. The van der Waals surface area contributed by atoms with Gasteiger partial charge in [0.05, 0.1) is 13.2 Å². The van der Waals surface area contributed by atoms with E-state index in [0.29, 0.717) is 43.1 Å². The molecule has 2 heterocycles. The molecule has 1 atom stereocenters. The molecule has 2 aliphatic heterocycles. The maximum Gasteiger partial charge on any atom is 0.253 e. The number of para-hydroxylation sites is 1. The monoisotopic (exact) mass is 469 g/mol. The highest BCUT2D eigenvalue weighted by Gasteiger charge is 2.30. The van der Waals surface area contributed by atoms with Crippen molar-refractivity contribution in [3.63, 3.8) is 0 Å². The number of nitrogens with one attached hydrogen (secondary N) is 1. The standard InChI is InChI=1S/C26H32ClN3O3/c1-33-24-7-3-2-6-22(24)23(29-14-4-5-15-29)18-28-25(31)19-12-16-30(17-13-19)26(32)20-8-10-21(27)11-9-20/h2-3,6-11,19,23H,4-5,12-18H2,1H3,(H,28,31)/t23-/m0/s1. The van der Waals surface area contributed by atoms with E-state index in [1.54, 1.807) is 31.4 Å². The van der Waals surface area contributed by atoms with Crippen molar-refractivity contribution >= 4 is 23.4 Å². The first-order valence-corrected chi connectivity index (χ1v) is 12.1. The molecule has 2 amide bonds. The summed E-state index contributed by atoms with van der Waals surface area (Å²) >= 11 is 5.93. The average Bonchev–Trinajstić information content (AvgIpc) is 3.39. The van der Waals surface area contributed by atoms with Crippen LogP contribution in [-0.2, 0) is 4.79 Å². The molecule has 1 N–H and O–H groups in total. The molecule has 33 heavy (non-hydrogen) atoms. The van der Waals surface area contributed by atoms with Gasteiger partial charge in [-0.3, -0.25) is 14.5 Å². The average molecular weight is 470 g/mol. The number of rotatable bonds is 7. The van der Waals surface area contributed by atoms with Gasteiger partial charge in [0, 0.05) is 41.7 Å². The number of nitrogens with zero attached hydrogens (tertiary/aromatic N) is 2. The molecule has 2 saturated heterocycles. The third-order valence-electron chi connectivity index (χ3n) is 6.79. The Balaban J connectivity index is 1.34. The van der Waals surface area contributed by atoms with Crippen molar-refractivity contribution in [1.82, 2.24) is 15.1 Å². The molecule has 7 heteroatoms. The van der Waals surface area contributed by atoms with Crippen molar-refractivity contribution in [2.75, 3.05) is 39.8 Å². The molecule has 176 valence electrons. The number of amides is 2. The van der Waals surface area contributed by atoms with E-state index in [1.165, 1.54) is 12.8 Å². The van der Waals surface area contributed by atoms with Crippen LogP contribution in [0.15, 0.2) is 48.5 Å². The summed E-state index contributed by atoms with van der Waals surface area (Å²) in [5, 5.41) is 3.82. The fourth-order valence-electron chi connectivity index (χ4n) is 4.89. The van der Waals surface area contributed by atoms with E-state index < -0.39 is 0 Å². The maximum absolute atomic E-state index is 13.0. The molecule has 0 radical (unpaired) electrons. The van der Waals surface area contributed by atoms with Crippen LogP contribution in [0, 0.1) is 5.92 Å². The highest BCUT2D eigenvalue weighted by Crippen LogP contribution is 2.31. The summed E-state index contributed by atoms with van der Waals surface area (Å²) in [4.78, 5) is 30.0. The molecule has 2 aromatic carbocycles. The van der Waals surface area contributed by atoms with Gasteiger partial charge in [-0.25, -0.2) is 0 Å². The summed E-state index contributed by atoms with van der Waals surface area (Å²) in [6.07, 6.45) is 3.71. The molecule has 4 rings (SSSR count). The van der Waals surface area contributed by atoms with Crippen LogP contribution in [0.4, 0.5) is 0 Å². The second kappa shape index (κ2) is 11.0. The molecular formula is C26H32ClN3O3. The van der Waals surface area contributed by atoms with Gasteiger partial charge in [-0.2, -0.15) is 0 Å². The zero-order valence-electron chi connectivity index (χ0n) is 19.1. The Hall–Kier alpha value is -2.57. The van der Waals surface area contributed by atoms with Gasteiger partial charge in [0.1, 0.15) is 5.75 Å². The maximum atomic E-state index is 13.0. The van der Waals surface area contributed by atoms with E-state index in [1.807, 2.05) is 23.1 Å². The Morgan fingerprint density at radius 2 is 1.70 bits per heavy atom. The number of carbonyl (C=O) groups excluding carboxylic acids is 2. The summed E-state index contributed by atoms with van der Waals surface area (Å²) in [6.45, 7) is 3.79. The minimum atomic E-state index is -0.0730. The number of likely N-dealkylation sites (tertiary alicyclic amines) is 2. The molecule has 2 fully saturated rings.